The van der Waals surface area contributed by atoms with Gasteiger partial charge >= 0.3 is 0 Å². The molecule has 114 valence electrons. The zero-order valence-electron chi connectivity index (χ0n) is 11.8. The lowest BCUT2D eigenvalue weighted by Gasteiger charge is -2.17. The summed E-state index contributed by atoms with van der Waals surface area (Å²) < 4.78 is 5.25. The molecular weight excluding hydrogens is 280 g/mol. The van der Waals surface area contributed by atoms with Crippen molar-refractivity contribution in [3.05, 3.63) is 11.7 Å². The van der Waals surface area contributed by atoms with Gasteiger partial charge in [-0.15, -0.1) is 12.4 Å². The van der Waals surface area contributed by atoms with Gasteiger partial charge in [-0.1, -0.05) is 24.4 Å². The summed E-state index contributed by atoms with van der Waals surface area (Å²) >= 11 is 0. The van der Waals surface area contributed by atoms with Crippen molar-refractivity contribution in [2.75, 3.05) is 6.54 Å². The van der Waals surface area contributed by atoms with Crippen LogP contribution in [0.1, 0.15) is 69.1 Å². The Bertz CT molecular complexity index is 418. The second kappa shape index (κ2) is 8.21. The molecule has 0 bridgehead atoms. The summed E-state index contributed by atoms with van der Waals surface area (Å²) in [5.41, 5.74) is 5.33. The third-order valence-electron chi connectivity index (χ3n) is 3.55. The zero-order valence-corrected chi connectivity index (χ0v) is 12.6. The number of hydrogen-bond donors (Lipinski definition) is 2. The Morgan fingerprint density at radius 2 is 2.15 bits per heavy atom. The average Bonchev–Trinajstić information content (AvgIpc) is 2.89. The summed E-state index contributed by atoms with van der Waals surface area (Å²) in [6.45, 7) is 2.18. The van der Waals surface area contributed by atoms with Crippen LogP contribution < -0.4 is 11.1 Å². The number of nitrogens with zero attached hydrogens (tertiary/aromatic N) is 2. The van der Waals surface area contributed by atoms with Crippen LogP contribution in [-0.4, -0.2) is 22.6 Å². The van der Waals surface area contributed by atoms with Gasteiger partial charge in [-0.05, 0) is 19.8 Å². The van der Waals surface area contributed by atoms with Crippen molar-refractivity contribution in [1.82, 2.24) is 15.5 Å². The van der Waals surface area contributed by atoms with E-state index in [0.29, 0.717) is 24.8 Å². The molecule has 1 aromatic rings. The molecule has 1 heterocycles. The molecule has 1 saturated carbocycles. The highest BCUT2D eigenvalue weighted by Gasteiger charge is 2.23. The van der Waals surface area contributed by atoms with Crippen molar-refractivity contribution in [1.29, 1.82) is 0 Å². The molecule has 7 heteroatoms. The molecule has 1 aromatic heterocycles. The van der Waals surface area contributed by atoms with Crippen LogP contribution in [0.2, 0.25) is 0 Å². The van der Waals surface area contributed by atoms with Gasteiger partial charge in [0.25, 0.3) is 0 Å². The summed E-state index contributed by atoms with van der Waals surface area (Å²) in [4.78, 5) is 15.9. The van der Waals surface area contributed by atoms with E-state index >= 15 is 0 Å². The molecule has 6 nitrogen and oxygen atoms in total. The van der Waals surface area contributed by atoms with E-state index in [0.717, 1.165) is 18.7 Å². The Morgan fingerprint density at radius 3 is 2.80 bits per heavy atom. The SMILES string of the molecule is CC(NC(=O)CCN)c1nc(C2CCCCC2)no1.Cl. The topological polar surface area (TPSA) is 94.0 Å². The van der Waals surface area contributed by atoms with E-state index in [2.05, 4.69) is 15.5 Å². The first kappa shape index (κ1) is 16.9. The molecule has 3 N–H and O–H groups in total. The van der Waals surface area contributed by atoms with Crippen LogP contribution in [0.5, 0.6) is 0 Å². The molecule has 1 amide bonds. The Morgan fingerprint density at radius 1 is 1.45 bits per heavy atom. The molecule has 2 rings (SSSR count). The lowest BCUT2D eigenvalue weighted by molar-refractivity contribution is -0.121. The minimum absolute atomic E-state index is 0. The molecule has 1 aliphatic carbocycles. The normalized spacial score (nSPS) is 17.3. The first-order chi connectivity index (χ1) is 9.20. The fourth-order valence-electron chi connectivity index (χ4n) is 2.46. The smallest absolute Gasteiger partial charge is 0.248 e. The Labute approximate surface area is 125 Å². The van der Waals surface area contributed by atoms with Gasteiger partial charge in [0.2, 0.25) is 11.8 Å². The highest BCUT2D eigenvalue weighted by Crippen LogP contribution is 2.31. The second-order valence-electron chi connectivity index (χ2n) is 5.15. The van der Waals surface area contributed by atoms with Crippen LogP contribution in [0.3, 0.4) is 0 Å². The van der Waals surface area contributed by atoms with Crippen molar-refractivity contribution in [3.63, 3.8) is 0 Å². The Balaban J connectivity index is 0.00000200. The summed E-state index contributed by atoms with van der Waals surface area (Å²) in [7, 11) is 0. The zero-order chi connectivity index (χ0) is 13.7. The molecule has 0 spiro atoms. The van der Waals surface area contributed by atoms with E-state index in [4.69, 9.17) is 10.3 Å². The summed E-state index contributed by atoms with van der Waals surface area (Å²) in [5.74, 6) is 1.59. The molecule has 1 aliphatic rings. The van der Waals surface area contributed by atoms with Gasteiger partial charge in [-0.25, -0.2) is 0 Å². The minimum Gasteiger partial charge on any atom is -0.345 e. The highest BCUT2D eigenvalue weighted by molar-refractivity contribution is 5.85. The van der Waals surface area contributed by atoms with Crippen LogP contribution in [0.15, 0.2) is 4.52 Å². The summed E-state index contributed by atoms with van der Waals surface area (Å²) in [5, 5.41) is 6.85. The predicted molar refractivity (Wildman–Crippen MR) is 77.6 cm³/mol. The standard InChI is InChI=1S/C13H22N4O2.ClH/c1-9(15-11(18)7-8-14)13-16-12(17-19-13)10-5-3-2-4-6-10;/h9-10H,2-8,14H2,1H3,(H,15,18);1H. The number of nitrogens with one attached hydrogen (secondary N) is 1. The van der Waals surface area contributed by atoms with Crippen molar-refractivity contribution >= 4 is 18.3 Å². The molecule has 0 aliphatic heterocycles. The molecule has 1 unspecified atom stereocenters. The number of amides is 1. The van der Waals surface area contributed by atoms with Crippen LogP contribution in [0.4, 0.5) is 0 Å². The van der Waals surface area contributed by atoms with Gasteiger partial charge in [0.15, 0.2) is 5.82 Å². The minimum atomic E-state index is -0.260. The maximum Gasteiger partial charge on any atom is 0.248 e. The van der Waals surface area contributed by atoms with E-state index < -0.39 is 0 Å². The van der Waals surface area contributed by atoms with Gasteiger partial charge in [-0.2, -0.15) is 4.98 Å². The first-order valence-corrected chi connectivity index (χ1v) is 7.03. The second-order valence-corrected chi connectivity index (χ2v) is 5.15. The maximum atomic E-state index is 11.5. The van der Waals surface area contributed by atoms with Gasteiger partial charge in [0.05, 0.1) is 0 Å². The molecule has 1 atom stereocenters. The summed E-state index contributed by atoms with van der Waals surface area (Å²) in [6, 6.07) is -0.260. The Hall–Kier alpha value is -1.14. The number of nitrogens with two attached hydrogens (primary N) is 1. The molecule has 0 saturated heterocycles. The van der Waals surface area contributed by atoms with Crippen molar-refractivity contribution in [3.8, 4) is 0 Å². The van der Waals surface area contributed by atoms with Crippen LogP contribution >= 0.6 is 12.4 Å². The van der Waals surface area contributed by atoms with Crippen molar-refractivity contribution in [2.24, 2.45) is 5.73 Å². The van der Waals surface area contributed by atoms with Gasteiger partial charge in [0.1, 0.15) is 6.04 Å². The number of halogens is 1. The lowest BCUT2D eigenvalue weighted by atomic mass is 9.89. The third-order valence-corrected chi connectivity index (χ3v) is 3.55. The molecule has 0 radical (unpaired) electrons. The van der Waals surface area contributed by atoms with E-state index in [1.165, 1.54) is 19.3 Å². The summed E-state index contributed by atoms with van der Waals surface area (Å²) in [6.07, 6.45) is 6.34. The highest BCUT2D eigenvalue weighted by atomic mass is 35.5. The molecule has 0 aromatic carbocycles. The quantitative estimate of drug-likeness (QED) is 0.868. The van der Waals surface area contributed by atoms with Crippen LogP contribution in [-0.2, 0) is 4.79 Å². The van der Waals surface area contributed by atoms with Crippen molar-refractivity contribution in [2.45, 2.75) is 57.4 Å². The lowest BCUT2D eigenvalue weighted by Crippen LogP contribution is -2.28. The van der Waals surface area contributed by atoms with Gasteiger partial charge in [0, 0.05) is 18.9 Å². The molecule has 1 fully saturated rings. The number of rotatable bonds is 5. The fraction of sp³-hybridized carbons (Fsp3) is 0.769. The largest absolute Gasteiger partial charge is 0.345 e. The maximum absolute atomic E-state index is 11.5. The van der Waals surface area contributed by atoms with Gasteiger partial charge in [-0.3, -0.25) is 4.79 Å². The van der Waals surface area contributed by atoms with E-state index in [-0.39, 0.29) is 24.4 Å². The van der Waals surface area contributed by atoms with Crippen molar-refractivity contribution < 1.29 is 9.32 Å². The van der Waals surface area contributed by atoms with E-state index in [9.17, 15) is 4.79 Å². The Kier molecular flexibility index (Phi) is 6.95. The average molecular weight is 303 g/mol. The first-order valence-electron chi connectivity index (χ1n) is 7.03. The predicted octanol–water partition coefficient (Wildman–Crippen LogP) is 2.07. The van der Waals surface area contributed by atoms with E-state index in [1.54, 1.807) is 0 Å². The molecular formula is C13H23ClN4O2. The number of aromatic nitrogens is 2. The number of carbonyl (C=O) groups is 1. The fourth-order valence-corrected chi connectivity index (χ4v) is 2.46. The van der Waals surface area contributed by atoms with Crippen LogP contribution in [0, 0.1) is 0 Å². The van der Waals surface area contributed by atoms with Gasteiger partial charge < -0.3 is 15.6 Å². The monoisotopic (exact) mass is 302 g/mol. The molecule has 20 heavy (non-hydrogen) atoms. The number of hydrogen-bond acceptors (Lipinski definition) is 5. The van der Waals surface area contributed by atoms with E-state index in [1.807, 2.05) is 6.92 Å². The van der Waals surface area contributed by atoms with Crippen LogP contribution in [0.25, 0.3) is 0 Å². The third kappa shape index (κ3) is 4.45. The number of carbonyl (C=O) groups excluding carboxylic acids is 1.